The molecule has 1 aliphatic heterocycles. The van der Waals surface area contributed by atoms with E-state index in [1.54, 1.807) is 50.2 Å². The zero-order chi connectivity index (χ0) is 24.3. The fourth-order valence-corrected chi connectivity index (χ4v) is 5.90. The summed E-state index contributed by atoms with van der Waals surface area (Å²) in [5.41, 5.74) is 2.82. The zero-order valence-electron chi connectivity index (χ0n) is 19.2. The van der Waals surface area contributed by atoms with Crippen LogP contribution < -0.4 is 4.90 Å². The number of aryl methyl sites for hydroxylation is 3. The number of nitrogens with zero attached hydrogens (tertiary/aromatic N) is 3. The molecule has 0 radical (unpaired) electrons. The molecule has 0 atom stereocenters. The van der Waals surface area contributed by atoms with Crippen molar-refractivity contribution in [2.24, 2.45) is 0 Å². The molecule has 1 saturated heterocycles. The van der Waals surface area contributed by atoms with Gasteiger partial charge < -0.3 is 9.64 Å². The Kier molecular flexibility index (Phi) is 7.79. The van der Waals surface area contributed by atoms with Crippen molar-refractivity contribution in [3.05, 3.63) is 58.1 Å². The van der Waals surface area contributed by atoms with Crippen LogP contribution in [-0.2, 0) is 24.3 Å². The van der Waals surface area contributed by atoms with E-state index in [-0.39, 0.29) is 43.7 Å². The fourth-order valence-electron chi connectivity index (χ4n) is 3.99. The molecular formula is C23H28ClN3O5S. The number of amides is 2. The average Bonchev–Trinajstić information content (AvgIpc) is 3.12. The van der Waals surface area contributed by atoms with Gasteiger partial charge in [0.15, 0.2) is 0 Å². The van der Waals surface area contributed by atoms with E-state index < -0.39 is 15.9 Å². The number of methoxy groups -OCH3 is 1. The number of ether oxygens (including phenoxy) is 1. The molecular weight excluding hydrogens is 466 g/mol. The second-order valence-electron chi connectivity index (χ2n) is 8.09. The van der Waals surface area contributed by atoms with Crippen molar-refractivity contribution >= 4 is 39.1 Å². The van der Waals surface area contributed by atoms with Crippen molar-refractivity contribution in [1.82, 2.24) is 9.21 Å². The molecule has 10 heteroatoms. The van der Waals surface area contributed by atoms with Crippen LogP contribution in [0.1, 0.15) is 16.7 Å². The molecule has 0 unspecified atom stereocenters. The van der Waals surface area contributed by atoms with Crippen molar-refractivity contribution in [2.45, 2.75) is 25.7 Å². The molecule has 3 rings (SSSR count). The highest BCUT2D eigenvalue weighted by atomic mass is 35.5. The van der Waals surface area contributed by atoms with E-state index in [1.165, 1.54) is 16.9 Å². The Morgan fingerprint density at radius 3 is 2.30 bits per heavy atom. The molecule has 0 N–H and O–H groups in total. The Balaban J connectivity index is 1.82. The minimum Gasteiger partial charge on any atom is -0.383 e. The molecule has 8 nitrogen and oxygen atoms in total. The van der Waals surface area contributed by atoms with Gasteiger partial charge in [0, 0.05) is 24.4 Å². The van der Waals surface area contributed by atoms with Crippen molar-refractivity contribution < 1.29 is 22.7 Å². The number of anilines is 1. The van der Waals surface area contributed by atoms with Gasteiger partial charge >= 0.3 is 0 Å². The third-order valence-corrected chi connectivity index (χ3v) is 7.89. The van der Waals surface area contributed by atoms with Crippen LogP contribution in [0.2, 0.25) is 5.02 Å². The van der Waals surface area contributed by atoms with Gasteiger partial charge in [-0.05, 0) is 56.2 Å². The molecule has 178 valence electrons. The monoisotopic (exact) mass is 493 g/mol. The molecule has 1 heterocycles. The molecule has 0 bridgehead atoms. The first-order valence-electron chi connectivity index (χ1n) is 10.4. The van der Waals surface area contributed by atoms with Crippen molar-refractivity contribution in [3.63, 3.8) is 0 Å². The van der Waals surface area contributed by atoms with Crippen LogP contribution in [0, 0.1) is 20.8 Å². The number of hydrogen-bond donors (Lipinski definition) is 0. The maximum absolute atomic E-state index is 13.5. The van der Waals surface area contributed by atoms with Crippen LogP contribution in [0.3, 0.4) is 0 Å². The third kappa shape index (κ3) is 5.55. The van der Waals surface area contributed by atoms with Crippen LogP contribution >= 0.6 is 11.6 Å². The third-order valence-electron chi connectivity index (χ3n) is 5.49. The van der Waals surface area contributed by atoms with Crippen LogP contribution in [0.4, 0.5) is 5.69 Å². The van der Waals surface area contributed by atoms with E-state index in [1.807, 2.05) is 6.92 Å². The zero-order valence-corrected chi connectivity index (χ0v) is 20.7. The predicted octanol–water partition coefficient (Wildman–Crippen LogP) is 2.74. The van der Waals surface area contributed by atoms with Crippen molar-refractivity contribution in [2.75, 3.05) is 44.9 Å². The van der Waals surface area contributed by atoms with E-state index in [0.29, 0.717) is 21.8 Å². The first-order chi connectivity index (χ1) is 15.5. The van der Waals surface area contributed by atoms with E-state index >= 15 is 0 Å². The minimum atomic E-state index is -3.97. The molecule has 0 aromatic heterocycles. The average molecular weight is 494 g/mol. The van der Waals surface area contributed by atoms with Crippen LogP contribution in [0.25, 0.3) is 0 Å². The molecule has 2 amide bonds. The molecule has 0 saturated carbocycles. The van der Waals surface area contributed by atoms with Gasteiger partial charge in [-0.1, -0.05) is 29.3 Å². The summed E-state index contributed by atoms with van der Waals surface area (Å²) in [4.78, 5) is 28.6. The number of rotatable bonds is 8. The van der Waals surface area contributed by atoms with Gasteiger partial charge in [0.05, 0.1) is 18.0 Å². The fraction of sp³-hybridized carbons (Fsp3) is 0.391. The smallest absolute Gasteiger partial charge is 0.248 e. The van der Waals surface area contributed by atoms with Gasteiger partial charge in [0.25, 0.3) is 0 Å². The lowest BCUT2D eigenvalue weighted by molar-refractivity contribution is -0.132. The second-order valence-corrected chi connectivity index (χ2v) is 10.4. The van der Waals surface area contributed by atoms with Crippen LogP contribution in [-0.4, -0.2) is 69.5 Å². The van der Waals surface area contributed by atoms with Gasteiger partial charge in [0.1, 0.15) is 13.2 Å². The predicted molar refractivity (Wildman–Crippen MR) is 127 cm³/mol. The summed E-state index contributed by atoms with van der Waals surface area (Å²) in [6.07, 6.45) is 0. The number of hydrogen-bond acceptors (Lipinski definition) is 5. The highest BCUT2D eigenvalue weighted by Gasteiger charge is 2.35. The highest BCUT2D eigenvalue weighted by Crippen LogP contribution is 2.26. The summed E-state index contributed by atoms with van der Waals surface area (Å²) in [6.45, 7) is 5.06. The molecule has 2 aromatic carbocycles. The Hall–Kier alpha value is -2.46. The second kappa shape index (κ2) is 10.2. The topological polar surface area (TPSA) is 87.2 Å². The number of sulfonamides is 1. The summed E-state index contributed by atoms with van der Waals surface area (Å²) in [7, 11) is -2.50. The summed E-state index contributed by atoms with van der Waals surface area (Å²) >= 11 is 5.92. The Morgan fingerprint density at radius 2 is 1.73 bits per heavy atom. The van der Waals surface area contributed by atoms with Crippen molar-refractivity contribution in [3.8, 4) is 0 Å². The normalized spacial score (nSPS) is 14.4. The summed E-state index contributed by atoms with van der Waals surface area (Å²) < 4.78 is 33.3. The molecule has 0 spiro atoms. The van der Waals surface area contributed by atoms with Crippen LogP contribution in [0.5, 0.6) is 0 Å². The Labute approximate surface area is 199 Å². The van der Waals surface area contributed by atoms with Gasteiger partial charge in [-0.25, -0.2) is 8.42 Å². The SMILES string of the molecule is COCCN(CC(=O)N1CC(=O)N(c2ccc(Cl)cc2)C1)S(=O)(=O)c1c(C)cc(C)cc1C. The molecule has 0 aliphatic carbocycles. The van der Waals surface area contributed by atoms with Gasteiger partial charge in [-0.15, -0.1) is 0 Å². The molecule has 2 aromatic rings. The summed E-state index contributed by atoms with van der Waals surface area (Å²) in [6, 6.07) is 10.3. The quantitative estimate of drug-likeness (QED) is 0.564. The maximum Gasteiger partial charge on any atom is 0.248 e. The molecule has 1 aliphatic rings. The standard InChI is InChI=1S/C23H28ClN3O5S/c1-16-11-17(2)23(18(3)12-16)33(30,31)26(9-10-32-4)14-21(28)25-13-22(29)27(15-25)20-7-5-19(24)6-8-20/h5-8,11-12H,9-10,13-15H2,1-4H3. The van der Waals surface area contributed by atoms with E-state index in [4.69, 9.17) is 16.3 Å². The van der Waals surface area contributed by atoms with E-state index in [0.717, 1.165) is 9.87 Å². The van der Waals surface area contributed by atoms with Crippen LogP contribution in [0.15, 0.2) is 41.3 Å². The Bertz CT molecular complexity index is 1130. The maximum atomic E-state index is 13.5. The molecule has 33 heavy (non-hydrogen) atoms. The van der Waals surface area contributed by atoms with Gasteiger partial charge in [0.2, 0.25) is 21.8 Å². The minimum absolute atomic E-state index is 0.0139. The first-order valence-corrected chi connectivity index (χ1v) is 12.3. The van der Waals surface area contributed by atoms with E-state index in [2.05, 4.69) is 0 Å². The Morgan fingerprint density at radius 1 is 1.12 bits per heavy atom. The summed E-state index contributed by atoms with van der Waals surface area (Å²) in [5, 5.41) is 0.541. The number of halogens is 1. The lowest BCUT2D eigenvalue weighted by Gasteiger charge is -2.26. The largest absolute Gasteiger partial charge is 0.383 e. The number of benzene rings is 2. The van der Waals surface area contributed by atoms with E-state index in [9.17, 15) is 18.0 Å². The molecule has 1 fully saturated rings. The lowest BCUT2D eigenvalue weighted by Crippen LogP contribution is -2.44. The van der Waals surface area contributed by atoms with Crippen molar-refractivity contribution in [1.29, 1.82) is 0 Å². The van der Waals surface area contributed by atoms with Gasteiger partial charge in [-0.3, -0.25) is 14.5 Å². The summed E-state index contributed by atoms with van der Waals surface area (Å²) in [5.74, 6) is -0.705. The van der Waals surface area contributed by atoms with Gasteiger partial charge in [-0.2, -0.15) is 4.31 Å². The number of carbonyl (C=O) groups excluding carboxylic acids is 2. The first kappa shape index (κ1) is 25.2. The highest BCUT2D eigenvalue weighted by molar-refractivity contribution is 7.89. The number of carbonyl (C=O) groups is 2. The lowest BCUT2D eigenvalue weighted by atomic mass is 10.1.